The fraction of sp³-hybridized carbons (Fsp3) is 0.421. The summed E-state index contributed by atoms with van der Waals surface area (Å²) in [6.07, 6.45) is 5.19. The molecule has 1 aromatic carbocycles. The molecule has 0 radical (unpaired) electrons. The second-order valence-corrected chi connectivity index (χ2v) is 6.23. The number of imide groups is 1. The molecule has 1 aliphatic carbocycles. The zero-order chi connectivity index (χ0) is 17.3. The van der Waals surface area contributed by atoms with Crippen molar-refractivity contribution in [1.29, 1.82) is 0 Å². The predicted octanol–water partition coefficient (Wildman–Crippen LogP) is 2.74. The minimum atomic E-state index is -0.242. The Morgan fingerprint density at radius 2 is 1.79 bits per heavy atom. The Balaban J connectivity index is 1.90. The number of rotatable bonds is 5. The zero-order valence-corrected chi connectivity index (χ0v) is 14.0. The maximum Gasteiger partial charge on any atom is 0.233 e. The molecule has 0 saturated carbocycles. The molecule has 126 valence electrons. The largest absolute Gasteiger partial charge is 0.494 e. The van der Waals surface area contributed by atoms with Crippen LogP contribution < -0.4 is 4.74 Å². The van der Waals surface area contributed by atoms with Gasteiger partial charge >= 0.3 is 0 Å². The number of carbonyl (C=O) groups is 3. The lowest BCUT2D eigenvalue weighted by molar-refractivity contribution is -0.140. The summed E-state index contributed by atoms with van der Waals surface area (Å²) in [6.45, 7) is 3.99. The second kappa shape index (κ2) is 6.59. The first kappa shape index (κ1) is 16.4. The van der Waals surface area contributed by atoms with E-state index in [1.807, 2.05) is 19.1 Å². The van der Waals surface area contributed by atoms with Crippen molar-refractivity contribution in [3.63, 3.8) is 0 Å². The molecule has 3 rings (SSSR count). The van der Waals surface area contributed by atoms with Crippen LogP contribution in [0.25, 0.3) is 0 Å². The van der Waals surface area contributed by atoms with Gasteiger partial charge in [0.25, 0.3) is 0 Å². The fourth-order valence-corrected chi connectivity index (χ4v) is 3.41. The van der Waals surface area contributed by atoms with Gasteiger partial charge < -0.3 is 4.74 Å². The second-order valence-electron chi connectivity index (χ2n) is 6.23. The Morgan fingerprint density at radius 3 is 2.33 bits per heavy atom. The molecule has 1 saturated heterocycles. The number of fused-ring (bicyclic) bond motifs is 1. The molecule has 0 N–H and O–H groups in total. The van der Waals surface area contributed by atoms with Gasteiger partial charge in [0, 0.05) is 11.1 Å². The molecule has 1 fully saturated rings. The van der Waals surface area contributed by atoms with Crippen molar-refractivity contribution in [3.05, 3.63) is 41.5 Å². The van der Waals surface area contributed by atoms with Gasteiger partial charge in [-0.25, -0.2) is 0 Å². The van der Waals surface area contributed by atoms with Gasteiger partial charge in [-0.2, -0.15) is 0 Å². The molecule has 1 heterocycles. The number of ether oxygens (including phenoxy) is 1. The zero-order valence-electron chi connectivity index (χ0n) is 14.0. The van der Waals surface area contributed by atoms with Crippen LogP contribution in [-0.4, -0.2) is 29.1 Å². The number of allylic oxidation sites excluding steroid dienone is 2. The number of ketones is 1. The lowest BCUT2D eigenvalue weighted by Gasteiger charge is -2.18. The van der Waals surface area contributed by atoms with Crippen molar-refractivity contribution in [1.82, 2.24) is 4.90 Å². The van der Waals surface area contributed by atoms with E-state index < -0.39 is 0 Å². The van der Waals surface area contributed by atoms with E-state index in [1.54, 1.807) is 18.2 Å². The number of likely N-dealkylation sites (tertiary alicyclic amines) is 1. The van der Waals surface area contributed by atoms with Crippen molar-refractivity contribution in [2.75, 3.05) is 6.61 Å². The minimum absolute atomic E-state index is 0.0590. The standard InChI is InChI=1S/C19H21NO4/c1-3-24-17-9-8-13(12(2)21)10-14(17)11-20-18(22)15-6-4-5-7-16(15)19(20)23/h4-5,8-10,15-16H,3,6-7,11H2,1-2H3/t15-,16+. The Kier molecular flexibility index (Phi) is 4.51. The minimum Gasteiger partial charge on any atom is -0.494 e. The first-order chi connectivity index (χ1) is 11.5. The van der Waals surface area contributed by atoms with Crippen LogP contribution in [-0.2, 0) is 16.1 Å². The molecule has 24 heavy (non-hydrogen) atoms. The molecular formula is C19H21NO4. The Labute approximate surface area is 141 Å². The summed E-state index contributed by atoms with van der Waals surface area (Å²) < 4.78 is 5.60. The third kappa shape index (κ3) is 2.86. The molecular weight excluding hydrogens is 306 g/mol. The van der Waals surface area contributed by atoms with Crippen molar-refractivity contribution < 1.29 is 19.1 Å². The third-order valence-corrected chi connectivity index (χ3v) is 4.69. The van der Waals surface area contributed by atoms with Crippen LogP contribution in [0, 0.1) is 11.8 Å². The van der Waals surface area contributed by atoms with Gasteiger partial charge in [0.1, 0.15) is 5.75 Å². The van der Waals surface area contributed by atoms with Crippen LogP contribution >= 0.6 is 0 Å². The molecule has 1 aliphatic heterocycles. The number of nitrogens with zero attached hydrogens (tertiary/aromatic N) is 1. The third-order valence-electron chi connectivity index (χ3n) is 4.69. The highest BCUT2D eigenvalue weighted by Crippen LogP contribution is 2.36. The fourth-order valence-electron chi connectivity index (χ4n) is 3.41. The summed E-state index contributed by atoms with van der Waals surface area (Å²) in [4.78, 5) is 38.2. The van der Waals surface area contributed by atoms with E-state index in [9.17, 15) is 14.4 Å². The summed E-state index contributed by atoms with van der Waals surface area (Å²) in [7, 11) is 0. The summed E-state index contributed by atoms with van der Waals surface area (Å²) in [5.74, 6) is -0.176. The molecule has 1 aromatic rings. The van der Waals surface area contributed by atoms with Crippen LogP contribution in [0.4, 0.5) is 0 Å². The van der Waals surface area contributed by atoms with Crippen LogP contribution in [0.3, 0.4) is 0 Å². The normalized spacial score (nSPS) is 22.7. The quantitative estimate of drug-likeness (QED) is 0.474. The van der Waals surface area contributed by atoms with Crippen molar-refractivity contribution >= 4 is 17.6 Å². The van der Waals surface area contributed by atoms with E-state index >= 15 is 0 Å². The van der Waals surface area contributed by atoms with E-state index in [-0.39, 0.29) is 36.0 Å². The Bertz CT molecular complexity index is 696. The van der Waals surface area contributed by atoms with E-state index in [0.29, 0.717) is 36.3 Å². The van der Waals surface area contributed by atoms with Gasteiger partial charge in [0.05, 0.1) is 25.0 Å². The van der Waals surface area contributed by atoms with Crippen LogP contribution in [0.2, 0.25) is 0 Å². The molecule has 5 heteroatoms. The Hall–Kier alpha value is -2.43. The Morgan fingerprint density at radius 1 is 1.17 bits per heavy atom. The van der Waals surface area contributed by atoms with Gasteiger partial charge in [-0.3, -0.25) is 19.3 Å². The summed E-state index contributed by atoms with van der Waals surface area (Å²) in [6, 6.07) is 5.15. The van der Waals surface area contributed by atoms with Gasteiger partial charge in [0.15, 0.2) is 5.78 Å². The summed E-state index contributed by atoms with van der Waals surface area (Å²) in [5.41, 5.74) is 1.24. The van der Waals surface area contributed by atoms with E-state index in [0.717, 1.165) is 0 Å². The molecule has 2 atom stereocenters. The average molecular weight is 327 g/mol. The van der Waals surface area contributed by atoms with Crippen LogP contribution in [0.5, 0.6) is 5.75 Å². The van der Waals surface area contributed by atoms with Gasteiger partial charge in [-0.05, 0) is 44.9 Å². The highest BCUT2D eigenvalue weighted by atomic mass is 16.5. The van der Waals surface area contributed by atoms with Gasteiger partial charge in [0.2, 0.25) is 11.8 Å². The van der Waals surface area contributed by atoms with Crippen molar-refractivity contribution in [3.8, 4) is 5.75 Å². The van der Waals surface area contributed by atoms with Gasteiger partial charge in [-0.15, -0.1) is 0 Å². The van der Waals surface area contributed by atoms with Crippen molar-refractivity contribution in [2.45, 2.75) is 33.2 Å². The summed E-state index contributed by atoms with van der Waals surface area (Å²) >= 11 is 0. The average Bonchev–Trinajstić information content (AvgIpc) is 2.82. The number of Topliss-reactive ketones (excluding diaryl/α,β-unsaturated/α-hetero) is 1. The van der Waals surface area contributed by atoms with E-state index in [4.69, 9.17) is 4.74 Å². The van der Waals surface area contributed by atoms with Gasteiger partial charge in [-0.1, -0.05) is 12.2 Å². The molecule has 2 aliphatic rings. The number of hydrogen-bond donors (Lipinski definition) is 0. The lowest BCUT2D eigenvalue weighted by Crippen LogP contribution is -2.30. The smallest absolute Gasteiger partial charge is 0.233 e. The monoisotopic (exact) mass is 327 g/mol. The molecule has 0 spiro atoms. The van der Waals surface area contributed by atoms with Crippen molar-refractivity contribution in [2.24, 2.45) is 11.8 Å². The van der Waals surface area contributed by atoms with Crippen LogP contribution in [0.15, 0.2) is 30.4 Å². The molecule has 0 bridgehead atoms. The van der Waals surface area contributed by atoms with Crippen LogP contribution in [0.1, 0.15) is 42.6 Å². The predicted molar refractivity (Wildman–Crippen MR) is 88.5 cm³/mol. The topological polar surface area (TPSA) is 63.7 Å². The first-order valence-electron chi connectivity index (χ1n) is 8.29. The number of amides is 2. The van der Waals surface area contributed by atoms with E-state index in [1.165, 1.54) is 11.8 Å². The summed E-state index contributed by atoms with van der Waals surface area (Å²) in [5, 5.41) is 0. The maximum absolute atomic E-state index is 12.6. The molecule has 0 aromatic heterocycles. The maximum atomic E-state index is 12.6. The number of carbonyl (C=O) groups excluding carboxylic acids is 3. The first-order valence-corrected chi connectivity index (χ1v) is 8.29. The number of hydrogen-bond acceptors (Lipinski definition) is 4. The molecule has 5 nitrogen and oxygen atoms in total. The number of benzene rings is 1. The highest BCUT2D eigenvalue weighted by Gasteiger charge is 2.47. The highest BCUT2D eigenvalue weighted by molar-refractivity contribution is 6.05. The van der Waals surface area contributed by atoms with E-state index in [2.05, 4.69) is 0 Å². The molecule has 0 unspecified atom stereocenters. The lowest BCUT2D eigenvalue weighted by atomic mass is 9.85. The molecule has 2 amide bonds. The SMILES string of the molecule is CCOc1ccc(C(C)=O)cc1CN1C(=O)[C@H]2CC=CC[C@H]2C1=O.